The second-order valence-electron chi connectivity index (χ2n) is 8.14. The number of para-hydroxylation sites is 2. The monoisotopic (exact) mass is 582 g/mol. The van der Waals surface area contributed by atoms with Crippen LogP contribution in [0.2, 0.25) is 5.02 Å². The summed E-state index contributed by atoms with van der Waals surface area (Å²) in [6, 6.07) is 18.1. The van der Waals surface area contributed by atoms with Crippen LogP contribution in [0.3, 0.4) is 0 Å². The standard InChI is InChI=1S/C26H24ClN7O5S/c1-38-14-6-13-28-33-32-26(35)17-7-5-8-18(15-17)34(40(36)37)25-24(29-21-9-3-4-10-22(21)31-25)30-23-16-19(39-2)11-12-20(23)27/h3-5,7-12,15-16H,6,13-14H2,1-2H3,(H-,29,30,36,37)/p+1. The number of aromatic nitrogens is 2. The van der Waals surface area contributed by atoms with Crippen LogP contribution in [0.5, 0.6) is 5.75 Å². The maximum Gasteiger partial charge on any atom is 0.360 e. The molecule has 0 bridgehead atoms. The average Bonchev–Trinajstić information content (AvgIpc) is 2.96. The van der Waals surface area contributed by atoms with Gasteiger partial charge in [0.2, 0.25) is 10.0 Å². The van der Waals surface area contributed by atoms with Crippen molar-refractivity contribution in [2.75, 3.05) is 37.0 Å². The molecule has 0 aliphatic carbocycles. The van der Waals surface area contributed by atoms with Gasteiger partial charge in [0, 0.05) is 19.8 Å². The summed E-state index contributed by atoms with van der Waals surface area (Å²) in [6.45, 7) is 0.872. The minimum Gasteiger partial charge on any atom is -0.497 e. The molecule has 0 aliphatic heterocycles. The first-order chi connectivity index (χ1) is 19.4. The largest absolute Gasteiger partial charge is 0.497 e. The fourth-order valence-corrected chi connectivity index (χ4v) is 4.31. The number of carbonyl (C=O) groups is 1. The van der Waals surface area contributed by atoms with E-state index in [-0.39, 0.29) is 22.9 Å². The van der Waals surface area contributed by atoms with Crippen molar-refractivity contribution in [3.05, 3.63) is 77.3 Å². The molecular formula is C26H25ClN7O5S+. The molecule has 1 heterocycles. The molecule has 0 spiro atoms. The molecule has 14 heteroatoms. The molecule has 40 heavy (non-hydrogen) atoms. The quantitative estimate of drug-likeness (QED) is 0.102. The molecule has 1 amide bonds. The Balaban J connectivity index is 1.76. The van der Waals surface area contributed by atoms with Crippen molar-refractivity contribution in [1.29, 1.82) is 0 Å². The molecule has 0 radical (unpaired) electrons. The molecule has 4 rings (SSSR count). The number of halogens is 1. The number of benzene rings is 3. The van der Waals surface area contributed by atoms with Crippen LogP contribution in [-0.2, 0) is 16.0 Å². The summed E-state index contributed by atoms with van der Waals surface area (Å²) < 4.78 is 34.4. The molecular weight excluding hydrogens is 558 g/mol. The summed E-state index contributed by atoms with van der Waals surface area (Å²) in [5.41, 5.74) is 1.77. The van der Waals surface area contributed by atoms with Crippen molar-refractivity contribution < 1.29 is 23.0 Å². The Kier molecular flexibility index (Phi) is 9.84. The number of methoxy groups -OCH3 is 2. The molecule has 1 unspecified atom stereocenters. The Labute approximate surface area is 237 Å². The van der Waals surface area contributed by atoms with Crippen LogP contribution in [0.1, 0.15) is 16.8 Å². The molecule has 4 aromatic rings. The summed E-state index contributed by atoms with van der Waals surface area (Å²) in [6.07, 6.45) is 0.639. The van der Waals surface area contributed by atoms with Crippen LogP contribution in [0, 0.1) is 0 Å². The maximum absolute atomic E-state index is 12.7. The number of anilines is 4. The first-order valence-electron chi connectivity index (χ1n) is 11.9. The number of carbonyl (C=O) groups excluding carboxylic acids is 1. The fourth-order valence-electron chi connectivity index (χ4n) is 3.58. The number of amides is 1. The molecule has 1 aromatic heterocycles. The third-order valence-electron chi connectivity index (χ3n) is 5.46. The van der Waals surface area contributed by atoms with Crippen molar-refractivity contribution in [3.63, 3.8) is 0 Å². The highest BCUT2D eigenvalue weighted by Gasteiger charge is 2.24. The van der Waals surface area contributed by atoms with E-state index < -0.39 is 17.2 Å². The lowest BCUT2D eigenvalue weighted by molar-refractivity contribution is 0.0992. The minimum absolute atomic E-state index is 0.0118. The number of hydrogen-bond acceptors (Lipinski definition) is 8. The lowest BCUT2D eigenvalue weighted by atomic mass is 10.2. The highest BCUT2D eigenvalue weighted by molar-refractivity contribution is 7.81. The van der Waals surface area contributed by atoms with Gasteiger partial charge in [-0.3, -0.25) is 9.35 Å². The molecule has 2 N–H and O–H groups in total. The number of ether oxygens (including phenoxy) is 2. The zero-order chi connectivity index (χ0) is 28.5. The van der Waals surface area contributed by atoms with Crippen molar-refractivity contribution in [2.45, 2.75) is 6.42 Å². The summed E-state index contributed by atoms with van der Waals surface area (Å²) in [5.74, 6) is 0.0167. The Morgan fingerprint density at radius 2 is 1.88 bits per heavy atom. The van der Waals surface area contributed by atoms with Crippen molar-refractivity contribution in [3.8, 4) is 5.75 Å². The first-order valence-corrected chi connectivity index (χ1v) is 13.3. The van der Waals surface area contributed by atoms with Gasteiger partial charge < -0.3 is 14.8 Å². The van der Waals surface area contributed by atoms with E-state index >= 15 is 0 Å². The molecule has 1 atom stereocenters. The van der Waals surface area contributed by atoms with Gasteiger partial charge in [0.25, 0.3) is 11.3 Å². The summed E-state index contributed by atoms with van der Waals surface area (Å²) >= 11 is 3.78. The molecule has 12 nitrogen and oxygen atoms in total. The van der Waals surface area contributed by atoms with Gasteiger partial charge in [0.05, 0.1) is 40.1 Å². The number of nitrogens with one attached hydrogen (secondary N) is 1. The number of rotatable bonds is 11. The van der Waals surface area contributed by atoms with Gasteiger partial charge in [-0.15, -0.1) is 0 Å². The van der Waals surface area contributed by atoms with Crippen molar-refractivity contribution in [2.24, 2.45) is 10.2 Å². The van der Waals surface area contributed by atoms with Gasteiger partial charge in [-0.05, 0) is 48.9 Å². The topological polar surface area (TPSA) is 153 Å². The predicted octanol–water partition coefficient (Wildman–Crippen LogP) is 5.46. The highest BCUT2D eigenvalue weighted by Crippen LogP contribution is 2.36. The third-order valence-corrected chi connectivity index (χ3v) is 6.49. The van der Waals surface area contributed by atoms with E-state index in [0.717, 1.165) is 4.31 Å². The van der Waals surface area contributed by atoms with E-state index in [1.165, 1.54) is 19.2 Å². The third kappa shape index (κ3) is 7.03. The van der Waals surface area contributed by atoms with Crippen LogP contribution < -0.4 is 19.3 Å². The molecule has 0 aliphatic rings. The van der Waals surface area contributed by atoms with E-state index in [1.807, 2.05) is 0 Å². The van der Waals surface area contributed by atoms with Gasteiger partial charge in [0.1, 0.15) is 17.4 Å². The first kappa shape index (κ1) is 28.7. The van der Waals surface area contributed by atoms with E-state index in [9.17, 15) is 13.6 Å². The van der Waals surface area contributed by atoms with Crippen LogP contribution in [0.15, 0.2) is 77.0 Å². The van der Waals surface area contributed by atoms with E-state index in [4.69, 9.17) is 21.1 Å². The molecule has 0 saturated carbocycles. The molecule has 0 fully saturated rings. The van der Waals surface area contributed by atoms with Crippen LogP contribution in [0.25, 0.3) is 11.0 Å². The van der Waals surface area contributed by atoms with Crippen molar-refractivity contribution >= 4 is 62.8 Å². The maximum atomic E-state index is 12.7. The van der Waals surface area contributed by atoms with Gasteiger partial charge >= 0.3 is 5.91 Å². The number of fused-ring (bicyclic) bond motifs is 1. The summed E-state index contributed by atoms with van der Waals surface area (Å²) in [5, 5.41) is 10.9. The normalized spacial score (nSPS) is 11.4. The fraction of sp³-hybridized carbons (Fsp3) is 0.192. The summed E-state index contributed by atoms with van der Waals surface area (Å²) in [7, 11) is 3.10. The zero-order valence-corrected chi connectivity index (χ0v) is 23.1. The Bertz CT molecular complexity index is 1610. The van der Waals surface area contributed by atoms with Gasteiger partial charge in [-0.2, -0.15) is 0 Å². The molecule has 3 aromatic carbocycles. The molecule has 206 valence electrons. The second kappa shape index (κ2) is 13.7. The SMILES string of the molecule is COCCCN=[N+]=NC(=O)c1cccc(N(c2nc3ccccc3nc2Nc2cc(OC)ccc2Cl)S(=O)O)c1. The van der Waals surface area contributed by atoms with E-state index in [2.05, 4.69) is 30.4 Å². The number of hydrogen-bond donors (Lipinski definition) is 2. The van der Waals surface area contributed by atoms with Gasteiger partial charge in [-0.1, -0.05) is 29.8 Å². The lowest BCUT2D eigenvalue weighted by Gasteiger charge is -2.22. The van der Waals surface area contributed by atoms with Gasteiger partial charge in [0.15, 0.2) is 11.6 Å². The van der Waals surface area contributed by atoms with E-state index in [0.29, 0.717) is 47.1 Å². The van der Waals surface area contributed by atoms with E-state index in [1.54, 1.807) is 61.7 Å². The lowest BCUT2D eigenvalue weighted by Crippen LogP contribution is -2.22. The van der Waals surface area contributed by atoms with Crippen LogP contribution in [0.4, 0.5) is 23.0 Å². The predicted molar refractivity (Wildman–Crippen MR) is 153 cm³/mol. The average molecular weight is 583 g/mol. The molecule has 0 saturated heterocycles. The van der Waals surface area contributed by atoms with Crippen LogP contribution in [-0.4, -0.2) is 52.0 Å². The highest BCUT2D eigenvalue weighted by atomic mass is 35.5. The minimum atomic E-state index is -2.62. The zero-order valence-electron chi connectivity index (χ0n) is 21.5. The van der Waals surface area contributed by atoms with Gasteiger partial charge in [-0.25, -0.2) is 18.5 Å². The van der Waals surface area contributed by atoms with Crippen molar-refractivity contribution in [1.82, 2.24) is 14.9 Å². The second-order valence-corrected chi connectivity index (χ2v) is 9.37. The smallest absolute Gasteiger partial charge is 0.360 e. The Morgan fingerprint density at radius 1 is 1.10 bits per heavy atom. The van der Waals surface area contributed by atoms with Crippen LogP contribution >= 0.6 is 11.6 Å². The Morgan fingerprint density at radius 3 is 2.60 bits per heavy atom. The number of nitrogens with zero attached hydrogens (tertiary/aromatic N) is 6. The summed E-state index contributed by atoms with van der Waals surface area (Å²) in [4.78, 5) is 25.5. The Hall–Kier alpha value is -4.26.